The van der Waals surface area contributed by atoms with Crippen LogP contribution in [-0.2, 0) is 0 Å². The van der Waals surface area contributed by atoms with Crippen molar-refractivity contribution in [1.82, 2.24) is 4.90 Å². The highest BCUT2D eigenvalue weighted by Gasteiger charge is 2.36. The van der Waals surface area contributed by atoms with Crippen molar-refractivity contribution in [2.24, 2.45) is 17.3 Å². The van der Waals surface area contributed by atoms with Crippen LogP contribution in [-0.4, -0.2) is 24.0 Å². The molecule has 0 aromatic rings. The van der Waals surface area contributed by atoms with Crippen LogP contribution in [0.5, 0.6) is 0 Å². The highest BCUT2D eigenvalue weighted by molar-refractivity contribution is 4.89. The number of rotatable bonds is 2. The van der Waals surface area contributed by atoms with Gasteiger partial charge in [-0.3, -0.25) is 0 Å². The Hall–Kier alpha value is -0.0400. The van der Waals surface area contributed by atoms with Crippen molar-refractivity contribution < 1.29 is 0 Å². The summed E-state index contributed by atoms with van der Waals surface area (Å²) in [6, 6.07) is 0.931. The minimum absolute atomic E-state index is 0.533. The van der Waals surface area contributed by atoms with Crippen molar-refractivity contribution in [3.63, 3.8) is 0 Å². The van der Waals surface area contributed by atoms with Crippen molar-refractivity contribution in [3.05, 3.63) is 0 Å². The Morgan fingerprint density at radius 3 is 2.18 bits per heavy atom. The SMILES string of the molecule is CCN1CCCC1C1CCC(C(C)(C)C)CC1. The van der Waals surface area contributed by atoms with Crippen LogP contribution in [0.1, 0.15) is 66.2 Å². The Kier molecular flexibility index (Phi) is 4.18. The van der Waals surface area contributed by atoms with E-state index in [0.717, 1.165) is 17.9 Å². The van der Waals surface area contributed by atoms with E-state index in [1.54, 1.807) is 0 Å². The molecule has 1 heterocycles. The molecule has 1 saturated carbocycles. The van der Waals surface area contributed by atoms with Gasteiger partial charge in [0.25, 0.3) is 0 Å². The van der Waals surface area contributed by atoms with Gasteiger partial charge in [-0.05, 0) is 68.9 Å². The van der Waals surface area contributed by atoms with Crippen molar-refractivity contribution in [2.75, 3.05) is 13.1 Å². The van der Waals surface area contributed by atoms with Crippen LogP contribution in [0.25, 0.3) is 0 Å². The zero-order valence-electron chi connectivity index (χ0n) is 12.3. The Labute approximate surface area is 108 Å². The highest BCUT2D eigenvalue weighted by Crippen LogP contribution is 2.42. The van der Waals surface area contributed by atoms with Gasteiger partial charge in [-0.15, -0.1) is 0 Å². The summed E-state index contributed by atoms with van der Waals surface area (Å²) < 4.78 is 0. The second kappa shape index (κ2) is 5.30. The molecule has 0 N–H and O–H groups in total. The summed E-state index contributed by atoms with van der Waals surface area (Å²) >= 11 is 0. The van der Waals surface area contributed by atoms with Crippen LogP contribution in [0.2, 0.25) is 0 Å². The van der Waals surface area contributed by atoms with Crippen molar-refractivity contribution in [3.8, 4) is 0 Å². The van der Waals surface area contributed by atoms with Crippen LogP contribution in [0, 0.1) is 17.3 Å². The van der Waals surface area contributed by atoms with Crippen LogP contribution in [0.15, 0.2) is 0 Å². The molecule has 2 rings (SSSR count). The standard InChI is InChI=1S/C16H31N/c1-5-17-12-6-7-15(17)13-8-10-14(11-9-13)16(2,3)4/h13-15H,5-12H2,1-4H3. The molecule has 0 bridgehead atoms. The first-order valence-corrected chi connectivity index (χ1v) is 7.76. The second-order valence-corrected chi connectivity index (χ2v) is 7.32. The van der Waals surface area contributed by atoms with Gasteiger partial charge in [0.2, 0.25) is 0 Å². The summed E-state index contributed by atoms with van der Waals surface area (Å²) in [5, 5.41) is 0. The molecular formula is C16H31N. The molecule has 1 aliphatic carbocycles. The summed E-state index contributed by atoms with van der Waals surface area (Å²) in [5.41, 5.74) is 0.533. The van der Waals surface area contributed by atoms with E-state index in [9.17, 15) is 0 Å². The molecule has 0 aromatic carbocycles. The largest absolute Gasteiger partial charge is 0.300 e. The van der Waals surface area contributed by atoms with Gasteiger partial charge in [0, 0.05) is 6.04 Å². The maximum absolute atomic E-state index is 2.74. The molecule has 2 aliphatic rings. The molecule has 100 valence electrons. The molecule has 0 spiro atoms. The first-order valence-electron chi connectivity index (χ1n) is 7.76. The molecule has 0 amide bonds. The number of likely N-dealkylation sites (tertiary alicyclic amines) is 1. The fourth-order valence-corrected chi connectivity index (χ4v) is 4.15. The molecule has 0 aromatic heterocycles. The van der Waals surface area contributed by atoms with Crippen LogP contribution in [0.3, 0.4) is 0 Å². The number of hydrogen-bond acceptors (Lipinski definition) is 1. The fraction of sp³-hybridized carbons (Fsp3) is 1.00. The van der Waals surface area contributed by atoms with E-state index in [1.807, 2.05) is 0 Å². The lowest BCUT2D eigenvalue weighted by atomic mass is 9.68. The first-order chi connectivity index (χ1) is 8.02. The van der Waals surface area contributed by atoms with E-state index in [0.29, 0.717) is 5.41 Å². The molecule has 0 radical (unpaired) electrons. The van der Waals surface area contributed by atoms with Crippen molar-refractivity contribution >= 4 is 0 Å². The van der Waals surface area contributed by atoms with Gasteiger partial charge < -0.3 is 4.90 Å². The lowest BCUT2D eigenvalue weighted by Gasteiger charge is -2.40. The predicted octanol–water partition coefficient (Wildman–Crippen LogP) is 4.32. The third kappa shape index (κ3) is 3.05. The Bertz CT molecular complexity index is 232. The summed E-state index contributed by atoms with van der Waals surface area (Å²) in [6.45, 7) is 12.2. The number of hydrogen-bond donors (Lipinski definition) is 0. The van der Waals surface area contributed by atoms with Crippen molar-refractivity contribution in [2.45, 2.75) is 72.3 Å². The molecule has 2 fully saturated rings. The first kappa shape index (κ1) is 13.4. The van der Waals surface area contributed by atoms with Gasteiger partial charge in [0.1, 0.15) is 0 Å². The normalized spacial score (nSPS) is 36.4. The molecular weight excluding hydrogens is 206 g/mol. The van der Waals surface area contributed by atoms with E-state index in [1.165, 1.54) is 51.6 Å². The molecule has 1 saturated heterocycles. The van der Waals surface area contributed by atoms with Gasteiger partial charge in [0.15, 0.2) is 0 Å². The van der Waals surface area contributed by atoms with Crippen LogP contribution in [0.4, 0.5) is 0 Å². The lowest BCUT2D eigenvalue weighted by molar-refractivity contribution is 0.101. The third-order valence-corrected chi connectivity index (χ3v) is 5.36. The maximum atomic E-state index is 2.74. The second-order valence-electron chi connectivity index (χ2n) is 7.32. The third-order valence-electron chi connectivity index (χ3n) is 5.36. The molecule has 1 nitrogen and oxygen atoms in total. The summed E-state index contributed by atoms with van der Waals surface area (Å²) in [5.74, 6) is 1.98. The van der Waals surface area contributed by atoms with E-state index in [-0.39, 0.29) is 0 Å². The molecule has 1 unspecified atom stereocenters. The Morgan fingerprint density at radius 1 is 1.00 bits per heavy atom. The van der Waals surface area contributed by atoms with Crippen LogP contribution >= 0.6 is 0 Å². The van der Waals surface area contributed by atoms with E-state index in [4.69, 9.17) is 0 Å². The molecule has 1 aliphatic heterocycles. The quantitative estimate of drug-likeness (QED) is 0.691. The monoisotopic (exact) mass is 237 g/mol. The smallest absolute Gasteiger partial charge is 0.0124 e. The minimum Gasteiger partial charge on any atom is -0.300 e. The average molecular weight is 237 g/mol. The zero-order chi connectivity index (χ0) is 12.5. The van der Waals surface area contributed by atoms with Gasteiger partial charge in [0.05, 0.1) is 0 Å². The van der Waals surface area contributed by atoms with Gasteiger partial charge >= 0.3 is 0 Å². The minimum atomic E-state index is 0.533. The fourth-order valence-electron chi connectivity index (χ4n) is 4.15. The van der Waals surface area contributed by atoms with Gasteiger partial charge in [-0.2, -0.15) is 0 Å². The van der Waals surface area contributed by atoms with Gasteiger partial charge in [-0.25, -0.2) is 0 Å². The molecule has 1 heteroatoms. The molecule has 17 heavy (non-hydrogen) atoms. The Balaban J connectivity index is 1.86. The van der Waals surface area contributed by atoms with Crippen molar-refractivity contribution in [1.29, 1.82) is 0 Å². The topological polar surface area (TPSA) is 3.24 Å². The van der Waals surface area contributed by atoms with E-state index >= 15 is 0 Å². The highest BCUT2D eigenvalue weighted by atomic mass is 15.2. The average Bonchev–Trinajstić information content (AvgIpc) is 2.76. The summed E-state index contributed by atoms with van der Waals surface area (Å²) in [7, 11) is 0. The number of nitrogens with zero attached hydrogens (tertiary/aromatic N) is 1. The predicted molar refractivity (Wildman–Crippen MR) is 75.2 cm³/mol. The van der Waals surface area contributed by atoms with E-state index in [2.05, 4.69) is 32.6 Å². The van der Waals surface area contributed by atoms with E-state index < -0.39 is 0 Å². The molecule has 1 atom stereocenters. The summed E-state index contributed by atoms with van der Waals surface area (Å²) in [4.78, 5) is 2.74. The Morgan fingerprint density at radius 2 is 1.65 bits per heavy atom. The maximum Gasteiger partial charge on any atom is 0.0124 e. The van der Waals surface area contributed by atoms with Gasteiger partial charge in [-0.1, -0.05) is 27.7 Å². The van der Waals surface area contributed by atoms with Crippen LogP contribution < -0.4 is 0 Å². The zero-order valence-corrected chi connectivity index (χ0v) is 12.3. The lowest BCUT2D eigenvalue weighted by Crippen LogP contribution is -2.38. The summed E-state index contributed by atoms with van der Waals surface area (Å²) in [6.07, 6.45) is 8.84.